The summed E-state index contributed by atoms with van der Waals surface area (Å²) in [6.07, 6.45) is 3.46. The van der Waals surface area contributed by atoms with Gasteiger partial charge in [-0.25, -0.2) is 0 Å². The minimum atomic E-state index is -0.190. The molecule has 4 atom stereocenters. The van der Waals surface area contributed by atoms with Gasteiger partial charge in [-0.3, -0.25) is 4.79 Å². The molecule has 2 saturated carbocycles. The van der Waals surface area contributed by atoms with Crippen molar-refractivity contribution in [3.8, 4) is 0 Å². The van der Waals surface area contributed by atoms with Crippen LogP contribution < -0.4 is 5.32 Å². The smallest absolute Gasteiger partial charge is 0.273 e. The number of rotatable bonds is 3. The summed E-state index contributed by atoms with van der Waals surface area (Å²) >= 11 is 0. The zero-order chi connectivity index (χ0) is 15.2. The molecular formula is C16H24N2O3. The minimum absolute atomic E-state index is 0.0797. The van der Waals surface area contributed by atoms with Gasteiger partial charge in [0.15, 0.2) is 5.69 Å². The molecule has 3 rings (SSSR count). The van der Waals surface area contributed by atoms with Gasteiger partial charge in [0.2, 0.25) is 0 Å². The fourth-order valence-corrected chi connectivity index (χ4v) is 3.86. The van der Waals surface area contributed by atoms with Crippen molar-refractivity contribution in [2.75, 3.05) is 6.61 Å². The molecule has 2 aliphatic rings. The lowest BCUT2D eigenvalue weighted by Crippen LogP contribution is -2.45. The third kappa shape index (κ3) is 2.59. The second-order valence-electron chi connectivity index (χ2n) is 7.51. The van der Waals surface area contributed by atoms with E-state index >= 15 is 0 Å². The Balaban J connectivity index is 1.70. The summed E-state index contributed by atoms with van der Waals surface area (Å²) in [5.74, 6) is 1.78. The monoisotopic (exact) mass is 292 g/mol. The Morgan fingerprint density at radius 1 is 1.43 bits per heavy atom. The highest BCUT2D eigenvalue weighted by Crippen LogP contribution is 2.48. The summed E-state index contributed by atoms with van der Waals surface area (Å²) in [6, 6.07) is 1.80. The lowest BCUT2D eigenvalue weighted by Gasteiger charge is -2.30. The van der Waals surface area contributed by atoms with Crippen LogP contribution in [0.3, 0.4) is 0 Å². The van der Waals surface area contributed by atoms with Gasteiger partial charge in [0, 0.05) is 30.0 Å². The number of fused-ring (bicyclic) bond motifs is 2. The standard InChI is InChI=1S/C16H24N2O3/c1-16(2,3)13-7-12(18-21-13)15(20)17-14-10-5-4-9(6-10)11(14)8-19/h7,9-11,14,19H,4-6,8H2,1-3H3,(H,17,20). The Hall–Kier alpha value is -1.36. The van der Waals surface area contributed by atoms with E-state index in [-0.39, 0.29) is 29.9 Å². The molecule has 0 saturated heterocycles. The Morgan fingerprint density at radius 3 is 2.76 bits per heavy atom. The van der Waals surface area contributed by atoms with Gasteiger partial charge < -0.3 is 14.9 Å². The fourth-order valence-electron chi connectivity index (χ4n) is 3.86. The Morgan fingerprint density at radius 2 is 2.14 bits per heavy atom. The van der Waals surface area contributed by atoms with Gasteiger partial charge >= 0.3 is 0 Å². The van der Waals surface area contributed by atoms with Gasteiger partial charge in [0.25, 0.3) is 5.91 Å². The molecule has 1 aromatic heterocycles. The molecule has 0 spiro atoms. The maximum absolute atomic E-state index is 12.4. The average Bonchev–Trinajstić information content (AvgIpc) is 3.12. The van der Waals surface area contributed by atoms with Gasteiger partial charge in [-0.2, -0.15) is 0 Å². The summed E-state index contributed by atoms with van der Waals surface area (Å²) in [7, 11) is 0. The molecule has 4 unspecified atom stereocenters. The van der Waals surface area contributed by atoms with Crippen molar-refractivity contribution in [2.24, 2.45) is 17.8 Å². The predicted octanol–water partition coefficient (Wildman–Crippen LogP) is 2.11. The fraction of sp³-hybridized carbons (Fsp3) is 0.750. The SMILES string of the molecule is CC(C)(C)c1cc(C(=O)NC2C3CCC(C3)C2CO)no1. The highest BCUT2D eigenvalue weighted by Gasteiger charge is 2.47. The number of carbonyl (C=O) groups is 1. The van der Waals surface area contributed by atoms with Crippen LogP contribution in [0, 0.1) is 17.8 Å². The summed E-state index contributed by atoms with van der Waals surface area (Å²) < 4.78 is 5.27. The van der Waals surface area contributed by atoms with Crippen molar-refractivity contribution in [2.45, 2.75) is 51.5 Å². The van der Waals surface area contributed by atoms with Crippen LogP contribution in [0.4, 0.5) is 0 Å². The summed E-state index contributed by atoms with van der Waals surface area (Å²) in [5, 5.41) is 16.5. The molecule has 116 valence electrons. The van der Waals surface area contributed by atoms with Crippen LogP contribution >= 0.6 is 0 Å². The molecule has 1 aromatic rings. The highest BCUT2D eigenvalue weighted by atomic mass is 16.5. The van der Waals surface area contributed by atoms with E-state index in [4.69, 9.17) is 4.52 Å². The number of amides is 1. The maximum atomic E-state index is 12.4. The van der Waals surface area contributed by atoms with E-state index in [1.807, 2.05) is 20.8 Å². The number of nitrogens with zero attached hydrogens (tertiary/aromatic N) is 1. The van der Waals surface area contributed by atoms with Crippen molar-refractivity contribution >= 4 is 5.91 Å². The van der Waals surface area contributed by atoms with Crippen molar-refractivity contribution in [1.82, 2.24) is 10.5 Å². The summed E-state index contributed by atoms with van der Waals surface area (Å²) in [5.41, 5.74) is 0.172. The molecule has 2 N–H and O–H groups in total. The molecule has 0 aliphatic heterocycles. The summed E-state index contributed by atoms with van der Waals surface area (Å²) in [4.78, 5) is 12.4. The average molecular weight is 292 g/mol. The third-order valence-corrected chi connectivity index (χ3v) is 5.08. The summed E-state index contributed by atoms with van der Waals surface area (Å²) in [6.45, 7) is 6.21. The number of carbonyl (C=O) groups excluding carboxylic acids is 1. The van der Waals surface area contributed by atoms with Gasteiger partial charge in [-0.15, -0.1) is 0 Å². The molecule has 1 amide bonds. The van der Waals surface area contributed by atoms with Gasteiger partial charge in [0.05, 0.1) is 0 Å². The van der Waals surface area contributed by atoms with Crippen molar-refractivity contribution < 1.29 is 14.4 Å². The Kier molecular flexibility index (Phi) is 3.56. The van der Waals surface area contributed by atoms with Crippen molar-refractivity contribution in [1.29, 1.82) is 0 Å². The van der Waals surface area contributed by atoms with E-state index in [1.165, 1.54) is 6.42 Å². The highest BCUT2D eigenvalue weighted by molar-refractivity contribution is 5.92. The van der Waals surface area contributed by atoms with Gasteiger partial charge in [0.1, 0.15) is 5.76 Å². The molecule has 1 heterocycles. The quantitative estimate of drug-likeness (QED) is 0.894. The first-order valence-corrected chi connectivity index (χ1v) is 7.79. The largest absolute Gasteiger partial charge is 0.396 e. The lowest BCUT2D eigenvalue weighted by atomic mass is 9.85. The first kappa shape index (κ1) is 14.6. The number of aromatic nitrogens is 1. The van der Waals surface area contributed by atoms with Crippen LogP contribution in [0.1, 0.15) is 56.3 Å². The molecule has 5 nitrogen and oxygen atoms in total. The van der Waals surface area contributed by atoms with Gasteiger partial charge in [-0.1, -0.05) is 25.9 Å². The molecule has 0 radical (unpaired) electrons. The van der Waals surface area contributed by atoms with Crippen LogP contribution in [0.25, 0.3) is 0 Å². The van der Waals surface area contributed by atoms with Crippen LogP contribution in [-0.4, -0.2) is 28.8 Å². The van der Waals surface area contributed by atoms with Crippen LogP contribution in [0.15, 0.2) is 10.6 Å². The topological polar surface area (TPSA) is 75.4 Å². The van der Waals surface area contributed by atoms with E-state index in [0.717, 1.165) is 12.8 Å². The van der Waals surface area contributed by atoms with E-state index in [9.17, 15) is 9.90 Å². The second kappa shape index (κ2) is 5.13. The van der Waals surface area contributed by atoms with E-state index in [0.29, 0.717) is 23.3 Å². The second-order valence-corrected chi connectivity index (χ2v) is 7.51. The van der Waals surface area contributed by atoms with E-state index in [1.54, 1.807) is 6.07 Å². The molecule has 2 bridgehead atoms. The van der Waals surface area contributed by atoms with Crippen LogP contribution in [-0.2, 0) is 5.41 Å². The van der Waals surface area contributed by atoms with Gasteiger partial charge in [-0.05, 0) is 31.1 Å². The number of hydrogen-bond donors (Lipinski definition) is 2. The zero-order valence-corrected chi connectivity index (χ0v) is 12.9. The first-order chi connectivity index (χ1) is 9.90. The third-order valence-electron chi connectivity index (χ3n) is 5.08. The number of hydrogen-bond acceptors (Lipinski definition) is 4. The normalized spacial score (nSPS) is 31.6. The number of aliphatic hydroxyl groups is 1. The van der Waals surface area contributed by atoms with Crippen molar-refractivity contribution in [3.63, 3.8) is 0 Å². The molecular weight excluding hydrogens is 268 g/mol. The molecule has 2 aliphatic carbocycles. The number of nitrogens with one attached hydrogen (secondary N) is 1. The predicted molar refractivity (Wildman–Crippen MR) is 77.9 cm³/mol. The number of aliphatic hydroxyl groups excluding tert-OH is 1. The molecule has 5 heteroatoms. The molecule has 2 fully saturated rings. The zero-order valence-electron chi connectivity index (χ0n) is 12.9. The Bertz CT molecular complexity index is 532. The van der Waals surface area contributed by atoms with Crippen LogP contribution in [0.2, 0.25) is 0 Å². The maximum Gasteiger partial charge on any atom is 0.273 e. The van der Waals surface area contributed by atoms with E-state index in [2.05, 4.69) is 10.5 Å². The van der Waals surface area contributed by atoms with Crippen LogP contribution in [0.5, 0.6) is 0 Å². The molecule has 21 heavy (non-hydrogen) atoms. The minimum Gasteiger partial charge on any atom is -0.396 e. The van der Waals surface area contributed by atoms with Crippen molar-refractivity contribution in [3.05, 3.63) is 17.5 Å². The molecule has 0 aromatic carbocycles. The first-order valence-electron chi connectivity index (χ1n) is 7.79. The lowest BCUT2D eigenvalue weighted by molar-refractivity contribution is 0.0852. The Labute approximate surface area is 125 Å². The van der Waals surface area contributed by atoms with E-state index < -0.39 is 0 Å².